The van der Waals surface area contributed by atoms with E-state index in [9.17, 15) is 8.78 Å². The van der Waals surface area contributed by atoms with Crippen molar-refractivity contribution < 1.29 is 13.5 Å². The molecule has 1 rings (SSSR count). The van der Waals surface area contributed by atoms with Crippen molar-refractivity contribution in [1.29, 1.82) is 0 Å². The van der Waals surface area contributed by atoms with Gasteiger partial charge < -0.3 is 4.74 Å². The highest BCUT2D eigenvalue weighted by Crippen LogP contribution is 2.33. The van der Waals surface area contributed by atoms with Gasteiger partial charge in [0.25, 0.3) is 0 Å². The molecule has 0 saturated carbocycles. The van der Waals surface area contributed by atoms with Gasteiger partial charge in [-0.15, -0.1) is 11.6 Å². The molecule has 1 nitrogen and oxygen atoms in total. The summed E-state index contributed by atoms with van der Waals surface area (Å²) in [5.74, 6) is -1.10. The maximum absolute atomic E-state index is 13.8. The van der Waals surface area contributed by atoms with Gasteiger partial charge in [0.1, 0.15) is 17.4 Å². The molecule has 0 aliphatic heterocycles. The Bertz CT molecular complexity index is 373. The van der Waals surface area contributed by atoms with Crippen molar-refractivity contribution in [3.8, 4) is 5.75 Å². The number of benzene rings is 1. The predicted molar refractivity (Wildman–Crippen MR) is 74.9 cm³/mol. The number of rotatable bonds is 8. The molecule has 1 unspecified atom stereocenters. The molecule has 4 heteroatoms. The zero-order valence-corrected chi connectivity index (χ0v) is 12.3. The molecule has 0 bridgehead atoms. The first-order valence-corrected chi connectivity index (χ1v) is 7.20. The first kappa shape index (κ1) is 16.2. The molecule has 0 spiro atoms. The first-order chi connectivity index (χ1) is 9.10. The van der Waals surface area contributed by atoms with E-state index in [1.165, 1.54) is 32.1 Å². The lowest BCUT2D eigenvalue weighted by Gasteiger charge is -2.13. The maximum atomic E-state index is 13.8. The van der Waals surface area contributed by atoms with E-state index < -0.39 is 17.0 Å². The zero-order chi connectivity index (χ0) is 14.3. The first-order valence-electron chi connectivity index (χ1n) is 6.77. The fourth-order valence-corrected chi connectivity index (χ4v) is 2.41. The smallest absolute Gasteiger partial charge is 0.134 e. The number of hydrogen-bond acceptors (Lipinski definition) is 1. The summed E-state index contributed by atoms with van der Waals surface area (Å²) in [7, 11) is 1.37. The Morgan fingerprint density at radius 3 is 2.21 bits per heavy atom. The quantitative estimate of drug-likeness (QED) is 0.446. The highest BCUT2D eigenvalue weighted by Gasteiger charge is 2.19. The van der Waals surface area contributed by atoms with Gasteiger partial charge in [0.05, 0.1) is 12.5 Å². The summed E-state index contributed by atoms with van der Waals surface area (Å²) >= 11 is 6.10. The van der Waals surface area contributed by atoms with Gasteiger partial charge >= 0.3 is 0 Å². The number of hydrogen-bond donors (Lipinski definition) is 0. The molecule has 0 amide bonds. The van der Waals surface area contributed by atoms with E-state index in [-0.39, 0.29) is 11.3 Å². The Kier molecular flexibility index (Phi) is 7.14. The average molecular weight is 291 g/mol. The van der Waals surface area contributed by atoms with Gasteiger partial charge in [-0.1, -0.05) is 39.0 Å². The van der Waals surface area contributed by atoms with E-state index in [2.05, 4.69) is 6.92 Å². The molecular weight excluding hydrogens is 270 g/mol. The van der Waals surface area contributed by atoms with Gasteiger partial charge in [-0.25, -0.2) is 8.78 Å². The lowest BCUT2D eigenvalue weighted by molar-refractivity contribution is 0.404. The SMILES string of the molecule is CCCCCCCC(Cl)c1c(F)cc(OC)cc1F. The third-order valence-electron chi connectivity index (χ3n) is 3.16. The second-order valence-corrected chi connectivity index (χ2v) is 5.20. The Morgan fingerprint density at radius 1 is 1.11 bits per heavy atom. The largest absolute Gasteiger partial charge is 0.497 e. The number of methoxy groups -OCH3 is 1. The van der Waals surface area contributed by atoms with Crippen LogP contribution in [0.15, 0.2) is 12.1 Å². The van der Waals surface area contributed by atoms with E-state index in [0.717, 1.165) is 19.3 Å². The van der Waals surface area contributed by atoms with E-state index in [0.29, 0.717) is 6.42 Å². The highest BCUT2D eigenvalue weighted by atomic mass is 35.5. The Morgan fingerprint density at radius 2 is 1.68 bits per heavy atom. The monoisotopic (exact) mass is 290 g/mol. The molecule has 1 atom stereocenters. The van der Waals surface area contributed by atoms with Crippen LogP contribution < -0.4 is 4.74 Å². The highest BCUT2D eigenvalue weighted by molar-refractivity contribution is 6.20. The molecule has 0 heterocycles. The summed E-state index contributed by atoms with van der Waals surface area (Å²) in [5.41, 5.74) is -0.0436. The van der Waals surface area contributed by atoms with Crippen molar-refractivity contribution >= 4 is 11.6 Å². The second kappa shape index (κ2) is 8.36. The van der Waals surface area contributed by atoms with Gasteiger partial charge in [0.15, 0.2) is 0 Å². The Balaban J connectivity index is 2.59. The van der Waals surface area contributed by atoms with Gasteiger partial charge in [0.2, 0.25) is 0 Å². The van der Waals surface area contributed by atoms with Crippen LogP contribution in [0.4, 0.5) is 8.78 Å². The molecule has 0 N–H and O–H groups in total. The van der Waals surface area contributed by atoms with Crippen LogP contribution in [0, 0.1) is 11.6 Å². The molecule has 19 heavy (non-hydrogen) atoms. The van der Waals surface area contributed by atoms with Gasteiger partial charge in [-0.05, 0) is 6.42 Å². The molecular formula is C15H21ClF2O. The van der Waals surface area contributed by atoms with Crippen LogP contribution in [0.25, 0.3) is 0 Å². The van der Waals surface area contributed by atoms with E-state index in [1.807, 2.05) is 0 Å². The van der Waals surface area contributed by atoms with Gasteiger partial charge in [-0.3, -0.25) is 0 Å². The molecule has 0 radical (unpaired) electrons. The minimum atomic E-state index is -0.634. The van der Waals surface area contributed by atoms with Crippen LogP contribution in [0.5, 0.6) is 5.75 Å². The van der Waals surface area contributed by atoms with Crippen molar-refractivity contribution in [3.63, 3.8) is 0 Å². The predicted octanol–water partition coefficient (Wildman–Crippen LogP) is 5.61. The van der Waals surface area contributed by atoms with E-state index in [4.69, 9.17) is 16.3 Å². The lowest BCUT2D eigenvalue weighted by Crippen LogP contribution is -2.01. The standard InChI is InChI=1S/C15H21ClF2O/c1-3-4-5-6-7-8-12(16)15-13(17)9-11(19-2)10-14(15)18/h9-10,12H,3-8H2,1-2H3. The fraction of sp³-hybridized carbons (Fsp3) is 0.600. The minimum Gasteiger partial charge on any atom is -0.497 e. The molecule has 108 valence electrons. The topological polar surface area (TPSA) is 9.23 Å². The van der Waals surface area contributed by atoms with Crippen molar-refractivity contribution in [2.75, 3.05) is 7.11 Å². The van der Waals surface area contributed by atoms with Crippen LogP contribution >= 0.6 is 11.6 Å². The molecule has 1 aromatic rings. The maximum Gasteiger partial charge on any atom is 0.134 e. The summed E-state index contributed by atoms with van der Waals surface area (Å²) in [6.45, 7) is 2.15. The van der Waals surface area contributed by atoms with Crippen molar-refractivity contribution in [3.05, 3.63) is 29.3 Å². The number of unbranched alkanes of at least 4 members (excludes halogenated alkanes) is 4. The van der Waals surface area contributed by atoms with Crippen molar-refractivity contribution in [1.82, 2.24) is 0 Å². The molecule has 0 aliphatic carbocycles. The summed E-state index contributed by atoms with van der Waals surface area (Å²) < 4.78 is 32.4. The molecule has 0 saturated heterocycles. The second-order valence-electron chi connectivity index (χ2n) is 4.68. The Labute approximate surface area is 118 Å². The van der Waals surface area contributed by atoms with Crippen LogP contribution in [-0.4, -0.2) is 7.11 Å². The van der Waals surface area contributed by atoms with Crippen molar-refractivity contribution in [2.45, 2.75) is 50.8 Å². The third kappa shape index (κ3) is 4.98. The van der Waals surface area contributed by atoms with E-state index >= 15 is 0 Å². The number of alkyl halides is 1. The molecule has 1 aromatic carbocycles. The molecule has 0 aliphatic rings. The number of ether oxygens (including phenoxy) is 1. The zero-order valence-electron chi connectivity index (χ0n) is 11.5. The summed E-state index contributed by atoms with van der Waals surface area (Å²) in [6.07, 6.45) is 6.04. The van der Waals surface area contributed by atoms with Crippen LogP contribution in [-0.2, 0) is 0 Å². The minimum absolute atomic E-state index is 0.0436. The average Bonchev–Trinajstić information content (AvgIpc) is 2.37. The van der Waals surface area contributed by atoms with E-state index in [1.54, 1.807) is 0 Å². The summed E-state index contributed by atoms with van der Waals surface area (Å²) in [6, 6.07) is 2.34. The van der Waals surface area contributed by atoms with Crippen LogP contribution in [0.1, 0.15) is 56.4 Å². The van der Waals surface area contributed by atoms with Gasteiger partial charge in [-0.2, -0.15) is 0 Å². The molecule has 0 fully saturated rings. The third-order valence-corrected chi connectivity index (χ3v) is 3.60. The normalized spacial score (nSPS) is 12.5. The fourth-order valence-electron chi connectivity index (χ4n) is 2.05. The summed E-state index contributed by atoms with van der Waals surface area (Å²) in [5, 5.41) is -0.618. The van der Waals surface area contributed by atoms with Crippen molar-refractivity contribution in [2.24, 2.45) is 0 Å². The van der Waals surface area contributed by atoms with Crippen LogP contribution in [0.2, 0.25) is 0 Å². The van der Waals surface area contributed by atoms with Crippen LogP contribution in [0.3, 0.4) is 0 Å². The molecule has 0 aromatic heterocycles. The lowest BCUT2D eigenvalue weighted by atomic mass is 10.0. The summed E-state index contributed by atoms with van der Waals surface area (Å²) in [4.78, 5) is 0. The van der Waals surface area contributed by atoms with Gasteiger partial charge in [0, 0.05) is 17.7 Å². The Hall–Kier alpha value is -0.830. The number of halogens is 3.